The molecule has 2 aliphatic heterocycles. The number of hydrogen-bond acceptors (Lipinski definition) is 4. The van der Waals surface area contributed by atoms with Crippen LogP contribution in [0.3, 0.4) is 0 Å². The Morgan fingerprint density at radius 1 is 1.50 bits per heavy atom. The van der Waals surface area contributed by atoms with Gasteiger partial charge in [-0.3, -0.25) is 4.79 Å². The quantitative estimate of drug-likeness (QED) is 0.666. The number of ether oxygens (including phenoxy) is 1. The summed E-state index contributed by atoms with van der Waals surface area (Å²) in [7, 11) is 4.14. The average molecular weight is 227 g/mol. The maximum atomic E-state index is 12.1. The third-order valence-corrected chi connectivity index (χ3v) is 3.43. The molecule has 0 aromatic heterocycles. The van der Waals surface area contributed by atoms with E-state index in [9.17, 15) is 4.79 Å². The third kappa shape index (κ3) is 2.53. The Hall–Kier alpha value is -0.650. The molecule has 16 heavy (non-hydrogen) atoms. The first-order chi connectivity index (χ1) is 7.68. The molecular formula is C11H21N3O2. The largest absolute Gasteiger partial charge is 0.378 e. The lowest BCUT2D eigenvalue weighted by Gasteiger charge is -2.28. The van der Waals surface area contributed by atoms with Crippen molar-refractivity contribution in [3.63, 3.8) is 0 Å². The third-order valence-electron chi connectivity index (χ3n) is 3.43. The molecule has 2 aliphatic rings. The van der Waals surface area contributed by atoms with Crippen molar-refractivity contribution >= 4 is 5.91 Å². The van der Waals surface area contributed by atoms with Crippen LogP contribution in [0.15, 0.2) is 0 Å². The Labute approximate surface area is 96.7 Å². The maximum absolute atomic E-state index is 12.1. The lowest BCUT2D eigenvalue weighted by molar-refractivity contribution is -0.135. The van der Waals surface area contributed by atoms with Gasteiger partial charge < -0.3 is 19.9 Å². The Morgan fingerprint density at radius 2 is 2.31 bits per heavy atom. The topological polar surface area (TPSA) is 44.8 Å². The van der Waals surface area contributed by atoms with Gasteiger partial charge in [0.05, 0.1) is 13.2 Å². The molecule has 2 saturated heterocycles. The first kappa shape index (κ1) is 11.8. The van der Waals surface area contributed by atoms with Crippen LogP contribution in [-0.4, -0.2) is 74.7 Å². The summed E-state index contributed by atoms with van der Waals surface area (Å²) in [5, 5.41) is 3.21. The van der Waals surface area contributed by atoms with Crippen LogP contribution in [0.4, 0.5) is 0 Å². The number of carbonyl (C=O) groups excluding carboxylic acids is 1. The molecule has 0 spiro atoms. The minimum atomic E-state index is -0.130. The molecule has 0 radical (unpaired) electrons. The first-order valence-electron chi connectivity index (χ1n) is 5.95. The van der Waals surface area contributed by atoms with Crippen LogP contribution >= 0.6 is 0 Å². The van der Waals surface area contributed by atoms with Crippen molar-refractivity contribution in [2.75, 3.05) is 46.9 Å². The molecule has 92 valence electrons. The molecule has 0 saturated carbocycles. The Bertz CT molecular complexity index is 252. The van der Waals surface area contributed by atoms with E-state index in [-0.39, 0.29) is 11.9 Å². The van der Waals surface area contributed by atoms with Gasteiger partial charge in [0, 0.05) is 25.7 Å². The number of likely N-dealkylation sites (tertiary alicyclic amines) is 1. The highest BCUT2D eigenvalue weighted by molar-refractivity contribution is 5.82. The van der Waals surface area contributed by atoms with Crippen LogP contribution in [0, 0.1) is 0 Å². The van der Waals surface area contributed by atoms with Gasteiger partial charge in [-0.1, -0.05) is 0 Å². The number of likely N-dealkylation sites (N-methyl/N-ethyl adjacent to an activating group) is 1. The standard InChI is InChI=1S/C11H21N3O2/c1-13(2)9-3-5-14(7-9)11(15)10-8-16-6-4-12-10/h9-10,12H,3-8H2,1-2H3. The van der Waals surface area contributed by atoms with Crippen molar-refractivity contribution in [3.8, 4) is 0 Å². The molecule has 2 rings (SSSR count). The van der Waals surface area contributed by atoms with E-state index in [2.05, 4.69) is 24.3 Å². The molecular weight excluding hydrogens is 206 g/mol. The molecule has 0 aliphatic carbocycles. The van der Waals surface area contributed by atoms with E-state index in [0.29, 0.717) is 19.3 Å². The van der Waals surface area contributed by atoms with Crippen LogP contribution in [0.5, 0.6) is 0 Å². The minimum Gasteiger partial charge on any atom is -0.378 e. The molecule has 0 aromatic carbocycles. The van der Waals surface area contributed by atoms with Gasteiger partial charge in [-0.2, -0.15) is 0 Å². The molecule has 5 heteroatoms. The van der Waals surface area contributed by atoms with Gasteiger partial charge >= 0.3 is 0 Å². The molecule has 2 fully saturated rings. The predicted octanol–water partition coefficient (Wildman–Crippen LogP) is -0.863. The molecule has 0 bridgehead atoms. The number of carbonyl (C=O) groups is 1. The zero-order chi connectivity index (χ0) is 11.5. The summed E-state index contributed by atoms with van der Waals surface area (Å²) in [6.45, 7) is 3.73. The zero-order valence-electron chi connectivity index (χ0n) is 10.1. The lowest BCUT2D eigenvalue weighted by Crippen LogP contribution is -2.52. The fourth-order valence-electron chi connectivity index (χ4n) is 2.31. The average Bonchev–Trinajstić information content (AvgIpc) is 2.78. The summed E-state index contributed by atoms with van der Waals surface area (Å²) in [4.78, 5) is 16.3. The molecule has 0 aromatic rings. The summed E-state index contributed by atoms with van der Waals surface area (Å²) in [5.74, 6) is 0.198. The van der Waals surface area contributed by atoms with E-state index in [4.69, 9.17) is 4.74 Å². The van der Waals surface area contributed by atoms with Gasteiger partial charge in [0.25, 0.3) is 0 Å². The molecule has 1 amide bonds. The van der Waals surface area contributed by atoms with E-state index in [0.717, 1.165) is 26.1 Å². The van der Waals surface area contributed by atoms with Crippen LogP contribution in [0.1, 0.15) is 6.42 Å². The summed E-state index contributed by atoms with van der Waals surface area (Å²) >= 11 is 0. The fraction of sp³-hybridized carbons (Fsp3) is 0.909. The second-order valence-corrected chi connectivity index (χ2v) is 4.77. The van der Waals surface area contributed by atoms with E-state index >= 15 is 0 Å². The lowest BCUT2D eigenvalue weighted by atomic mass is 10.2. The Morgan fingerprint density at radius 3 is 2.88 bits per heavy atom. The molecule has 2 atom stereocenters. The normalized spacial score (nSPS) is 31.1. The van der Waals surface area contributed by atoms with Gasteiger partial charge in [0.15, 0.2) is 0 Å². The summed E-state index contributed by atoms with van der Waals surface area (Å²) in [6, 6.07) is 0.378. The number of rotatable bonds is 2. The second-order valence-electron chi connectivity index (χ2n) is 4.77. The number of morpholine rings is 1. The molecule has 2 heterocycles. The van der Waals surface area contributed by atoms with Gasteiger partial charge in [-0.05, 0) is 20.5 Å². The predicted molar refractivity (Wildman–Crippen MR) is 61.3 cm³/mol. The monoisotopic (exact) mass is 227 g/mol. The smallest absolute Gasteiger partial charge is 0.242 e. The van der Waals surface area contributed by atoms with Crippen molar-refractivity contribution in [2.24, 2.45) is 0 Å². The van der Waals surface area contributed by atoms with Gasteiger partial charge in [0.1, 0.15) is 6.04 Å². The summed E-state index contributed by atoms with van der Waals surface area (Å²) in [5.41, 5.74) is 0. The summed E-state index contributed by atoms with van der Waals surface area (Å²) < 4.78 is 5.32. The highest BCUT2D eigenvalue weighted by Gasteiger charge is 2.32. The minimum absolute atomic E-state index is 0.130. The van der Waals surface area contributed by atoms with Crippen molar-refractivity contribution in [2.45, 2.75) is 18.5 Å². The number of amides is 1. The van der Waals surface area contributed by atoms with E-state index in [1.165, 1.54) is 0 Å². The van der Waals surface area contributed by atoms with Crippen molar-refractivity contribution < 1.29 is 9.53 Å². The van der Waals surface area contributed by atoms with E-state index < -0.39 is 0 Å². The van der Waals surface area contributed by atoms with Gasteiger partial charge in [-0.25, -0.2) is 0 Å². The molecule has 1 N–H and O–H groups in total. The van der Waals surface area contributed by atoms with E-state index in [1.807, 2.05) is 4.90 Å². The fourth-order valence-corrected chi connectivity index (χ4v) is 2.31. The van der Waals surface area contributed by atoms with Crippen LogP contribution in [0.25, 0.3) is 0 Å². The number of hydrogen-bond donors (Lipinski definition) is 1. The van der Waals surface area contributed by atoms with Crippen molar-refractivity contribution in [1.29, 1.82) is 0 Å². The molecule has 5 nitrogen and oxygen atoms in total. The SMILES string of the molecule is CN(C)C1CCN(C(=O)C2COCCN2)C1. The Kier molecular flexibility index (Phi) is 3.78. The van der Waals surface area contributed by atoms with Crippen LogP contribution in [0.2, 0.25) is 0 Å². The zero-order valence-corrected chi connectivity index (χ0v) is 10.1. The van der Waals surface area contributed by atoms with Crippen LogP contribution < -0.4 is 5.32 Å². The van der Waals surface area contributed by atoms with Gasteiger partial charge in [-0.15, -0.1) is 0 Å². The highest BCUT2D eigenvalue weighted by Crippen LogP contribution is 2.14. The Balaban J connectivity index is 1.86. The van der Waals surface area contributed by atoms with Crippen LogP contribution in [-0.2, 0) is 9.53 Å². The van der Waals surface area contributed by atoms with Gasteiger partial charge in [0.2, 0.25) is 5.91 Å². The van der Waals surface area contributed by atoms with Crippen molar-refractivity contribution in [3.05, 3.63) is 0 Å². The summed E-state index contributed by atoms with van der Waals surface area (Å²) in [6.07, 6.45) is 1.08. The molecule has 2 unspecified atom stereocenters. The first-order valence-corrected chi connectivity index (χ1v) is 5.95. The highest BCUT2D eigenvalue weighted by atomic mass is 16.5. The maximum Gasteiger partial charge on any atom is 0.242 e. The number of nitrogens with one attached hydrogen (secondary N) is 1. The van der Waals surface area contributed by atoms with Crippen molar-refractivity contribution in [1.82, 2.24) is 15.1 Å². The number of nitrogens with zero attached hydrogens (tertiary/aromatic N) is 2. The van der Waals surface area contributed by atoms with E-state index in [1.54, 1.807) is 0 Å². The second kappa shape index (κ2) is 5.12.